The van der Waals surface area contributed by atoms with Crippen LogP contribution in [0.1, 0.15) is 20.8 Å². The van der Waals surface area contributed by atoms with Crippen molar-refractivity contribution in [3.63, 3.8) is 0 Å². The summed E-state index contributed by atoms with van der Waals surface area (Å²) in [5, 5.41) is 12.6. The maximum Gasteiger partial charge on any atom is 0.337 e. The van der Waals surface area contributed by atoms with E-state index in [1.165, 1.54) is 0 Å². The van der Waals surface area contributed by atoms with E-state index in [0.29, 0.717) is 0 Å². The van der Waals surface area contributed by atoms with E-state index >= 15 is 0 Å². The highest BCUT2D eigenvalue weighted by atomic mass is 79.9. The molecule has 1 aromatic rings. The minimum atomic E-state index is -1.17. The van der Waals surface area contributed by atoms with E-state index < -0.39 is 17.7 Å². The zero-order valence-corrected chi connectivity index (χ0v) is 12.3. The number of hydrogen-bond acceptors (Lipinski definition) is 4. The highest BCUT2D eigenvalue weighted by Gasteiger charge is 2.22. The third-order valence-corrected chi connectivity index (χ3v) is 2.55. The molecule has 1 rings (SSSR count). The van der Waals surface area contributed by atoms with Gasteiger partial charge in [-0.2, -0.15) is 0 Å². The highest BCUT2D eigenvalue weighted by molar-refractivity contribution is 9.10. The molecule has 0 spiro atoms. The van der Waals surface area contributed by atoms with Gasteiger partial charge in [0.2, 0.25) is 0 Å². The van der Waals surface area contributed by atoms with Crippen LogP contribution in [0.15, 0.2) is 28.7 Å². The van der Waals surface area contributed by atoms with E-state index in [-0.39, 0.29) is 6.54 Å². The maximum absolute atomic E-state index is 11.5. The molecule has 0 aliphatic heterocycles. The first-order valence-corrected chi connectivity index (χ1v) is 6.47. The number of ether oxygens (including phenoxy) is 1. The van der Waals surface area contributed by atoms with Crippen LogP contribution in [-0.2, 0) is 9.53 Å². The number of halogens is 1. The molecule has 0 heterocycles. The quantitative estimate of drug-likeness (QED) is 0.838. The monoisotopic (exact) mass is 315 g/mol. The number of rotatable bonds is 4. The van der Waals surface area contributed by atoms with E-state index in [0.717, 1.165) is 10.2 Å². The van der Waals surface area contributed by atoms with Crippen molar-refractivity contribution in [3.8, 4) is 0 Å². The second kappa shape index (κ2) is 6.20. The van der Waals surface area contributed by atoms with Gasteiger partial charge >= 0.3 is 5.97 Å². The van der Waals surface area contributed by atoms with E-state index in [2.05, 4.69) is 21.2 Å². The Hall–Kier alpha value is -1.07. The molecule has 0 saturated carbocycles. The van der Waals surface area contributed by atoms with E-state index in [1.807, 2.05) is 24.3 Å². The van der Waals surface area contributed by atoms with Crippen LogP contribution >= 0.6 is 15.9 Å². The minimum absolute atomic E-state index is 0.122. The topological polar surface area (TPSA) is 58.6 Å². The van der Waals surface area contributed by atoms with Gasteiger partial charge in [0.1, 0.15) is 5.60 Å². The number of aliphatic hydroxyl groups is 1. The minimum Gasteiger partial charge on any atom is -0.458 e. The van der Waals surface area contributed by atoms with Crippen LogP contribution in [0.5, 0.6) is 0 Å². The Morgan fingerprint density at radius 2 is 1.94 bits per heavy atom. The van der Waals surface area contributed by atoms with Crippen LogP contribution in [0.4, 0.5) is 5.69 Å². The second-order valence-corrected chi connectivity index (χ2v) is 5.85. The first kappa shape index (κ1) is 15.0. The standard InChI is InChI=1S/C13H18BrNO3/c1-13(2,3)18-12(17)11(16)8-15-10-6-4-9(14)5-7-10/h4-7,11,15-16H,8H2,1-3H3. The molecule has 0 bridgehead atoms. The fourth-order valence-corrected chi connectivity index (χ4v) is 1.50. The van der Waals surface area contributed by atoms with Crippen molar-refractivity contribution in [1.29, 1.82) is 0 Å². The second-order valence-electron chi connectivity index (χ2n) is 4.94. The van der Waals surface area contributed by atoms with Gasteiger partial charge in [-0.1, -0.05) is 15.9 Å². The van der Waals surface area contributed by atoms with Gasteiger partial charge in [0.05, 0.1) is 6.54 Å². The molecule has 0 aromatic heterocycles. The number of esters is 1. The summed E-state index contributed by atoms with van der Waals surface area (Å²) >= 11 is 3.33. The lowest BCUT2D eigenvalue weighted by Gasteiger charge is -2.22. The van der Waals surface area contributed by atoms with Crippen LogP contribution < -0.4 is 5.32 Å². The van der Waals surface area contributed by atoms with Gasteiger partial charge in [-0.3, -0.25) is 0 Å². The van der Waals surface area contributed by atoms with Crippen LogP contribution in [-0.4, -0.2) is 29.3 Å². The first-order valence-electron chi connectivity index (χ1n) is 5.68. The predicted octanol–water partition coefficient (Wildman–Crippen LogP) is 2.56. The Labute approximate surface area is 115 Å². The third kappa shape index (κ3) is 5.51. The molecule has 1 atom stereocenters. The Bertz CT molecular complexity index is 398. The van der Waals surface area contributed by atoms with Gasteiger partial charge in [-0.25, -0.2) is 4.79 Å². The van der Waals surface area contributed by atoms with Crippen molar-refractivity contribution >= 4 is 27.6 Å². The molecule has 0 amide bonds. The Kier molecular flexibility index (Phi) is 5.16. The summed E-state index contributed by atoms with van der Waals surface area (Å²) in [7, 11) is 0. The van der Waals surface area contributed by atoms with Gasteiger partial charge in [0.25, 0.3) is 0 Å². The molecule has 0 aliphatic rings. The highest BCUT2D eigenvalue weighted by Crippen LogP contribution is 2.14. The average Bonchev–Trinajstić information content (AvgIpc) is 2.25. The number of anilines is 1. The normalized spacial score (nSPS) is 12.9. The lowest BCUT2D eigenvalue weighted by Crippen LogP contribution is -2.35. The zero-order chi connectivity index (χ0) is 13.8. The fourth-order valence-electron chi connectivity index (χ4n) is 1.24. The van der Waals surface area contributed by atoms with Crippen LogP contribution in [0.25, 0.3) is 0 Å². The predicted molar refractivity (Wildman–Crippen MR) is 74.5 cm³/mol. The number of carbonyl (C=O) groups is 1. The Morgan fingerprint density at radius 1 is 1.39 bits per heavy atom. The molecule has 4 nitrogen and oxygen atoms in total. The molecule has 0 fully saturated rings. The average molecular weight is 316 g/mol. The first-order chi connectivity index (χ1) is 8.28. The molecule has 0 saturated heterocycles. The number of benzene rings is 1. The fraction of sp³-hybridized carbons (Fsp3) is 0.462. The molecular weight excluding hydrogens is 298 g/mol. The third-order valence-electron chi connectivity index (χ3n) is 2.02. The van der Waals surface area contributed by atoms with Crippen molar-refractivity contribution in [2.24, 2.45) is 0 Å². The summed E-state index contributed by atoms with van der Waals surface area (Å²) < 4.78 is 6.04. The summed E-state index contributed by atoms with van der Waals surface area (Å²) in [6.07, 6.45) is -1.17. The largest absolute Gasteiger partial charge is 0.458 e. The zero-order valence-electron chi connectivity index (χ0n) is 10.7. The number of nitrogens with one attached hydrogen (secondary N) is 1. The summed E-state index contributed by atoms with van der Waals surface area (Å²) in [5.74, 6) is -0.618. The summed E-state index contributed by atoms with van der Waals surface area (Å²) in [4.78, 5) is 11.5. The Morgan fingerprint density at radius 3 is 2.44 bits per heavy atom. The SMILES string of the molecule is CC(C)(C)OC(=O)C(O)CNc1ccc(Br)cc1. The molecule has 1 aromatic carbocycles. The van der Waals surface area contributed by atoms with Crippen molar-refractivity contribution < 1.29 is 14.6 Å². The molecule has 18 heavy (non-hydrogen) atoms. The van der Waals surface area contributed by atoms with Gasteiger partial charge in [0, 0.05) is 10.2 Å². The summed E-state index contributed by atoms with van der Waals surface area (Å²) in [6, 6.07) is 7.46. The van der Waals surface area contributed by atoms with E-state index in [9.17, 15) is 9.90 Å². The Balaban J connectivity index is 2.43. The van der Waals surface area contributed by atoms with Crippen molar-refractivity contribution in [1.82, 2.24) is 0 Å². The summed E-state index contributed by atoms with van der Waals surface area (Å²) in [5.41, 5.74) is 0.246. The van der Waals surface area contributed by atoms with Gasteiger partial charge < -0.3 is 15.2 Å². The van der Waals surface area contributed by atoms with Gasteiger partial charge in [-0.05, 0) is 45.0 Å². The van der Waals surface area contributed by atoms with Crippen LogP contribution in [0, 0.1) is 0 Å². The summed E-state index contributed by atoms with van der Waals surface area (Å²) in [6.45, 7) is 5.41. The van der Waals surface area contributed by atoms with E-state index in [4.69, 9.17) is 4.74 Å². The molecule has 0 radical (unpaired) electrons. The number of aliphatic hydroxyl groups excluding tert-OH is 1. The lowest BCUT2D eigenvalue weighted by molar-refractivity contribution is -0.164. The van der Waals surface area contributed by atoms with Crippen molar-refractivity contribution in [2.75, 3.05) is 11.9 Å². The molecule has 2 N–H and O–H groups in total. The molecular formula is C13H18BrNO3. The van der Waals surface area contributed by atoms with Crippen LogP contribution in [0.3, 0.4) is 0 Å². The lowest BCUT2D eigenvalue weighted by atomic mass is 10.2. The van der Waals surface area contributed by atoms with Crippen molar-refractivity contribution in [2.45, 2.75) is 32.5 Å². The number of hydrogen-bond donors (Lipinski definition) is 2. The van der Waals surface area contributed by atoms with Crippen molar-refractivity contribution in [3.05, 3.63) is 28.7 Å². The van der Waals surface area contributed by atoms with Gasteiger partial charge in [-0.15, -0.1) is 0 Å². The van der Waals surface area contributed by atoms with E-state index in [1.54, 1.807) is 20.8 Å². The number of carbonyl (C=O) groups excluding carboxylic acids is 1. The maximum atomic E-state index is 11.5. The molecule has 0 aliphatic carbocycles. The smallest absolute Gasteiger partial charge is 0.337 e. The molecule has 100 valence electrons. The molecule has 1 unspecified atom stereocenters. The van der Waals surface area contributed by atoms with Crippen LogP contribution in [0.2, 0.25) is 0 Å². The van der Waals surface area contributed by atoms with Gasteiger partial charge in [0.15, 0.2) is 6.10 Å². The molecule has 5 heteroatoms.